The Labute approximate surface area is 314 Å². The summed E-state index contributed by atoms with van der Waals surface area (Å²) < 4.78 is 30.0. The van der Waals surface area contributed by atoms with Gasteiger partial charge in [-0.3, -0.25) is 14.7 Å². The zero-order chi connectivity index (χ0) is 37.7. The number of nitrogens with zero attached hydrogens (tertiary/aromatic N) is 2. The van der Waals surface area contributed by atoms with Crippen molar-refractivity contribution in [1.82, 2.24) is 15.2 Å². The normalized spacial score (nSPS) is 16.4. The summed E-state index contributed by atoms with van der Waals surface area (Å²) in [5.41, 5.74) is 0.805. The van der Waals surface area contributed by atoms with Crippen LogP contribution in [0.25, 0.3) is 11.1 Å². The van der Waals surface area contributed by atoms with Gasteiger partial charge in [-0.1, -0.05) is 49.6 Å². The second-order valence-corrected chi connectivity index (χ2v) is 17.4. The minimum absolute atomic E-state index is 0.148. The highest BCUT2D eigenvalue weighted by atomic mass is 35.5. The SMILES string of the molecule is CCCCCC(=O)N(CCCSc1ccc(Cl)c(CNC2(c3cnccc3-c3ccccc3OC3CC3)CC2)c1)C(O)(O)C(O)(O)C(O)S(C)(=O)=O. The zero-order valence-electron chi connectivity index (χ0n) is 29.4. The van der Waals surface area contributed by atoms with Crippen LogP contribution in [-0.2, 0) is 26.7 Å². The third-order valence-corrected chi connectivity index (χ3v) is 12.0. The van der Waals surface area contributed by atoms with E-state index in [-0.39, 0.29) is 31.0 Å². The highest BCUT2D eigenvalue weighted by Crippen LogP contribution is 2.50. The van der Waals surface area contributed by atoms with Crippen molar-refractivity contribution in [1.29, 1.82) is 0 Å². The molecule has 2 aliphatic rings. The highest BCUT2D eigenvalue weighted by Gasteiger charge is 2.61. The molecule has 2 fully saturated rings. The van der Waals surface area contributed by atoms with Crippen LogP contribution in [0.3, 0.4) is 0 Å². The molecule has 1 unspecified atom stereocenters. The van der Waals surface area contributed by atoms with Gasteiger partial charge < -0.3 is 35.6 Å². The smallest absolute Gasteiger partial charge is 0.309 e. The van der Waals surface area contributed by atoms with Gasteiger partial charge in [0.2, 0.25) is 11.3 Å². The molecule has 2 saturated carbocycles. The lowest BCUT2D eigenvalue weighted by Gasteiger charge is -2.43. The summed E-state index contributed by atoms with van der Waals surface area (Å²) in [6, 6.07) is 15.7. The summed E-state index contributed by atoms with van der Waals surface area (Å²) in [5.74, 6) is -7.39. The van der Waals surface area contributed by atoms with Gasteiger partial charge in [-0.25, -0.2) is 8.42 Å². The Bertz CT molecular complexity index is 1820. The summed E-state index contributed by atoms with van der Waals surface area (Å²) in [5, 5.41) is 56.8. The van der Waals surface area contributed by atoms with Crippen LogP contribution in [0.15, 0.2) is 65.8 Å². The molecule has 2 aliphatic carbocycles. The van der Waals surface area contributed by atoms with Gasteiger partial charge in [0, 0.05) is 59.2 Å². The summed E-state index contributed by atoms with van der Waals surface area (Å²) in [7, 11) is -4.57. The molecule has 2 aromatic carbocycles. The molecule has 0 aliphatic heterocycles. The number of aliphatic hydroxyl groups excluding tert-OH is 1. The van der Waals surface area contributed by atoms with Gasteiger partial charge in [0.25, 0.3) is 5.79 Å². The standard InChI is InChI=1S/C37H48ClN3O9S2/c1-3-4-5-11-33(42)41(37(46,47)36(44,45)34(43)52(2,48)49)20-8-21-51-27-14-15-31(38)25(22-27)23-40-35(17-18-35)30-24-39-19-16-28(30)29-9-6-7-10-32(29)50-26-12-13-26/h6-7,9-10,14-16,19,22,24,26,34,40,43-47H,3-5,8,11-13,17-18,20-21,23H2,1-2H3. The lowest BCUT2D eigenvalue weighted by molar-refractivity contribution is -0.416. The molecule has 12 nitrogen and oxygen atoms in total. The van der Waals surface area contributed by atoms with E-state index in [0.717, 1.165) is 65.0 Å². The highest BCUT2D eigenvalue weighted by molar-refractivity contribution is 7.99. The Hall–Kier alpha value is -2.79. The van der Waals surface area contributed by atoms with Crippen molar-refractivity contribution in [2.75, 3.05) is 18.6 Å². The van der Waals surface area contributed by atoms with Crippen LogP contribution < -0.4 is 10.1 Å². The maximum atomic E-state index is 13.1. The Morgan fingerprint density at radius 2 is 1.83 bits per heavy atom. The zero-order valence-corrected chi connectivity index (χ0v) is 31.8. The van der Waals surface area contributed by atoms with E-state index in [4.69, 9.17) is 16.3 Å². The Morgan fingerprint density at radius 3 is 2.50 bits per heavy atom. The molecular weight excluding hydrogens is 730 g/mol. The second kappa shape index (κ2) is 16.7. The minimum Gasteiger partial charge on any atom is -0.490 e. The van der Waals surface area contributed by atoms with Crippen molar-refractivity contribution < 1.29 is 43.5 Å². The quantitative estimate of drug-likeness (QED) is 0.0543. The Kier molecular flexibility index (Phi) is 13.0. The summed E-state index contributed by atoms with van der Waals surface area (Å²) in [6.45, 7) is 2.04. The first kappa shape index (κ1) is 40.4. The first-order valence-corrected chi connectivity index (χ1v) is 20.9. The minimum atomic E-state index is -4.57. The number of para-hydroxylation sites is 1. The molecule has 0 saturated heterocycles. The van der Waals surface area contributed by atoms with Gasteiger partial charge in [0.05, 0.1) is 6.10 Å². The molecule has 5 rings (SSSR count). The van der Waals surface area contributed by atoms with Crippen LogP contribution in [0, 0.1) is 0 Å². The lowest BCUT2D eigenvalue weighted by Crippen LogP contribution is -2.71. The van der Waals surface area contributed by atoms with E-state index in [9.17, 15) is 38.7 Å². The van der Waals surface area contributed by atoms with Gasteiger partial charge in [-0.2, -0.15) is 0 Å². The van der Waals surface area contributed by atoms with Crippen LogP contribution >= 0.6 is 23.4 Å². The van der Waals surface area contributed by atoms with Gasteiger partial charge in [0.15, 0.2) is 9.84 Å². The van der Waals surface area contributed by atoms with Crippen LogP contribution in [0.1, 0.15) is 75.8 Å². The molecule has 1 amide bonds. The molecule has 1 aromatic heterocycles. The van der Waals surface area contributed by atoms with Crippen molar-refractivity contribution in [3.05, 3.63) is 77.1 Å². The van der Waals surface area contributed by atoms with E-state index in [2.05, 4.69) is 16.4 Å². The summed E-state index contributed by atoms with van der Waals surface area (Å²) >= 11 is 8.07. The van der Waals surface area contributed by atoms with E-state index < -0.39 is 32.9 Å². The Balaban J connectivity index is 1.24. The third kappa shape index (κ3) is 9.46. The fraction of sp³-hybridized carbons (Fsp3) is 0.514. The predicted molar refractivity (Wildman–Crippen MR) is 199 cm³/mol. The van der Waals surface area contributed by atoms with E-state index >= 15 is 0 Å². The molecular formula is C37H48ClN3O9S2. The summed E-state index contributed by atoms with van der Waals surface area (Å²) in [4.78, 5) is 18.8. The van der Waals surface area contributed by atoms with Crippen molar-refractivity contribution >= 4 is 39.1 Å². The molecule has 0 bridgehead atoms. The van der Waals surface area contributed by atoms with Crippen LogP contribution in [0.4, 0.5) is 0 Å². The number of ether oxygens (including phenoxy) is 1. The number of thioether (sulfide) groups is 1. The van der Waals surface area contributed by atoms with Crippen molar-refractivity contribution in [3.63, 3.8) is 0 Å². The number of sulfone groups is 1. The Morgan fingerprint density at radius 1 is 1.10 bits per heavy atom. The molecule has 0 spiro atoms. The number of benzene rings is 2. The molecule has 3 aromatic rings. The van der Waals surface area contributed by atoms with Crippen molar-refractivity contribution in [3.8, 4) is 16.9 Å². The molecule has 15 heteroatoms. The fourth-order valence-electron chi connectivity index (χ4n) is 6.07. The van der Waals surface area contributed by atoms with Crippen LogP contribution in [-0.4, -0.2) is 91.5 Å². The summed E-state index contributed by atoms with van der Waals surface area (Å²) in [6.07, 6.45) is 10.3. The number of nitrogens with one attached hydrogen (secondary N) is 1. The number of carbonyl (C=O) groups excluding carboxylic acids is 1. The number of unbranched alkanes of at least 4 members (excludes halogenated alkanes) is 2. The van der Waals surface area contributed by atoms with Gasteiger partial charge in [0.1, 0.15) is 5.75 Å². The molecule has 284 valence electrons. The number of carbonyl (C=O) groups is 1. The first-order valence-electron chi connectivity index (χ1n) is 17.5. The number of hydrogen-bond donors (Lipinski definition) is 6. The van der Waals surface area contributed by atoms with Crippen molar-refractivity contribution in [2.24, 2.45) is 0 Å². The number of aliphatic hydroxyl groups is 5. The fourth-order valence-corrected chi connectivity index (χ4v) is 7.90. The molecule has 0 radical (unpaired) electrons. The number of amides is 1. The van der Waals surface area contributed by atoms with Gasteiger partial charge in [-0.05, 0) is 91.3 Å². The first-order chi connectivity index (χ1) is 24.6. The average molecular weight is 778 g/mol. The molecule has 1 heterocycles. The lowest BCUT2D eigenvalue weighted by atomic mass is 9.94. The van der Waals surface area contributed by atoms with E-state index in [1.54, 1.807) is 12.3 Å². The van der Waals surface area contributed by atoms with Crippen LogP contribution in [0.2, 0.25) is 5.02 Å². The monoisotopic (exact) mass is 777 g/mol. The average Bonchev–Trinajstić information content (AvgIpc) is 4.05. The van der Waals surface area contributed by atoms with Crippen molar-refractivity contribution in [2.45, 2.75) is 105 Å². The van der Waals surface area contributed by atoms with E-state index in [0.29, 0.717) is 41.3 Å². The molecule has 6 N–H and O–H groups in total. The number of halogens is 1. The predicted octanol–water partition coefficient (Wildman–Crippen LogP) is 4.30. The number of pyridine rings is 1. The van der Waals surface area contributed by atoms with E-state index in [1.807, 2.05) is 49.5 Å². The van der Waals surface area contributed by atoms with Gasteiger partial charge >= 0.3 is 5.91 Å². The van der Waals surface area contributed by atoms with Crippen LogP contribution in [0.5, 0.6) is 5.75 Å². The topological polar surface area (TPSA) is 190 Å². The number of aromatic nitrogens is 1. The molecule has 1 atom stereocenters. The van der Waals surface area contributed by atoms with Gasteiger partial charge in [-0.15, -0.1) is 11.8 Å². The number of hydrogen-bond acceptors (Lipinski definition) is 12. The largest absolute Gasteiger partial charge is 0.490 e. The number of rotatable bonds is 20. The second-order valence-electron chi connectivity index (χ2n) is 13.7. The third-order valence-electron chi connectivity index (χ3n) is 9.43. The maximum Gasteiger partial charge on any atom is 0.309 e. The van der Waals surface area contributed by atoms with E-state index in [1.165, 1.54) is 11.8 Å². The maximum absolute atomic E-state index is 13.1. The molecule has 52 heavy (non-hydrogen) atoms.